The zero-order valence-electron chi connectivity index (χ0n) is 17.1. The van der Waals surface area contributed by atoms with Gasteiger partial charge in [-0.25, -0.2) is 0 Å². The van der Waals surface area contributed by atoms with Crippen LogP contribution in [-0.2, 0) is 11.2 Å². The van der Waals surface area contributed by atoms with E-state index in [2.05, 4.69) is 10.3 Å². The van der Waals surface area contributed by atoms with E-state index < -0.39 is 5.92 Å². The van der Waals surface area contributed by atoms with Crippen LogP contribution in [-0.4, -0.2) is 17.4 Å². The van der Waals surface area contributed by atoms with Gasteiger partial charge in [0, 0.05) is 28.8 Å². The van der Waals surface area contributed by atoms with Gasteiger partial charge in [0.2, 0.25) is 5.91 Å². The predicted octanol–water partition coefficient (Wildman–Crippen LogP) is 4.43. The number of aromatic nitrogens is 1. The van der Waals surface area contributed by atoms with Gasteiger partial charge in [-0.3, -0.25) is 9.59 Å². The van der Waals surface area contributed by atoms with Crippen LogP contribution >= 0.6 is 0 Å². The molecule has 0 bridgehead atoms. The molecule has 0 saturated heterocycles. The SMILES string of the molecule is Cc1ccc2cc(CCNC(=O)C3c4ccccc4Oc4ccccc43)c(=O)[nH]c2c1. The van der Waals surface area contributed by atoms with Crippen LogP contribution < -0.4 is 15.6 Å². The van der Waals surface area contributed by atoms with Crippen LogP contribution in [0.5, 0.6) is 11.5 Å². The molecule has 31 heavy (non-hydrogen) atoms. The molecule has 4 aromatic rings. The highest BCUT2D eigenvalue weighted by Crippen LogP contribution is 2.43. The number of fused-ring (bicyclic) bond motifs is 3. The van der Waals surface area contributed by atoms with Crippen molar-refractivity contribution in [3.63, 3.8) is 0 Å². The molecule has 0 spiro atoms. The Morgan fingerprint density at radius 2 is 1.65 bits per heavy atom. The van der Waals surface area contributed by atoms with Gasteiger partial charge in [0.1, 0.15) is 11.5 Å². The highest BCUT2D eigenvalue weighted by Gasteiger charge is 2.32. The molecule has 0 aliphatic carbocycles. The Bertz CT molecular complexity index is 1310. The first kappa shape index (κ1) is 19.1. The summed E-state index contributed by atoms with van der Waals surface area (Å²) in [4.78, 5) is 28.6. The molecule has 1 aromatic heterocycles. The lowest BCUT2D eigenvalue weighted by Crippen LogP contribution is -2.33. The van der Waals surface area contributed by atoms with Crippen LogP contribution in [0.4, 0.5) is 0 Å². The minimum absolute atomic E-state index is 0.101. The summed E-state index contributed by atoms with van der Waals surface area (Å²) in [5, 5.41) is 4.00. The summed E-state index contributed by atoms with van der Waals surface area (Å²) in [7, 11) is 0. The van der Waals surface area contributed by atoms with Gasteiger partial charge >= 0.3 is 0 Å². The number of aryl methyl sites for hydroxylation is 1. The van der Waals surface area contributed by atoms with Gasteiger partial charge in [0.25, 0.3) is 5.56 Å². The molecule has 0 unspecified atom stereocenters. The number of pyridine rings is 1. The molecule has 1 aliphatic rings. The largest absolute Gasteiger partial charge is 0.457 e. The fourth-order valence-corrected chi connectivity index (χ4v) is 4.16. The summed E-state index contributed by atoms with van der Waals surface area (Å²) >= 11 is 0. The first-order chi connectivity index (χ1) is 15.1. The van der Waals surface area contributed by atoms with E-state index in [1.807, 2.05) is 79.7 Å². The average molecular weight is 410 g/mol. The smallest absolute Gasteiger partial charge is 0.251 e. The number of H-pyrrole nitrogens is 1. The highest BCUT2D eigenvalue weighted by atomic mass is 16.5. The second-order valence-electron chi connectivity index (χ2n) is 7.87. The summed E-state index contributed by atoms with van der Waals surface area (Å²) in [6, 6.07) is 23.1. The van der Waals surface area contributed by atoms with Crippen molar-refractivity contribution in [2.75, 3.05) is 6.54 Å². The Balaban J connectivity index is 1.36. The minimum atomic E-state index is -0.445. The van der Waals surface area contributed by atoms with Crippen LogP contribution in [0.15, 0.2) is 77.6 Å². The normalized spacial score (nSPS) is 12.7. The summed E-state index contributed by atoms with van der Waals surface area (Å²) in [5.74, 6) is 0.847. The van der Waals surface area contributed by atoms with Crippen LogP contribution in [0.25, 0.3) is 10.9 Å². The fraction of sp³-hybridized carbons (Fsp3) is 0.154. The third-order valence-corrected chi connectivity index (χ3v) is 5.71. The molecule has 1 amide bonds. The number of amides is 1. The lowest BCUT2D eigenvalue weighted by Gasteiger charge is -2.27. The van der Waals surface area contributed by atoms with E-state index >= 15 is 0 Å². The van der Waals surface area contributed by atoms with Crippen molar-refractivity contribution in [2.24, 2.45) is 0 Å². The van der Waals surface area contributed by atoms with Gasteiger partial charge in [0.05, 0.1) is 5.92 Å². The zero-order chi connectivity index (χ0) is 21.4. The second-order valence-corrected chi connectivity index (χ2v) is 7.87. The Labute approximate surface area is 179 Å². The highest BCUT2D eigenvalue weighted by molar-refractivity contribution is 5.89. The molecular weight excluding hydrogens is 388 g/mol. The van der Waals surface area contributed by atoms with E-state index in [9.17, 15) is 9.59 Å². The molecule has 0 fully saturated rings. The fourth-order valence-electron chi connectivity index (χ4n) is 4.16. The van der Waals surface area contributed by atoms with Gasteiger partial charge in [-0.1, -0.05) is 48.5 Å². The quantitative estimate of drug-likeness (QED) is 0.523. The summed E-state index contributed by atoms with van der Waals surface area (Å²) in [6.45, 7) is 2.37. The second kappa shape index (κ2) is 7.76. The molecule has 5 rings (SSSR count). The van der Waals surface area contributed by atoms with Crippen LogP contribution in [0.1, 0.15) is 28.2 Å². The Morgan fingerprint density at radius 3 is 2.35 bits per heavy atom. The van der Waals surface area contributed by atoms with E-state index in [1.54, 1.807) is 0 Å². The van der Waals surface area contributed by atoms with Gasteiger partial charge in [-0.2, -0.15) is 0 Å². The molecule has 2 N–H and O–H groups in total. The average Bonchev–Trinajstić information content (AvgIpc) is 2.77. The molecule has 154 valence electrons. The van der Waals surface area contributed by atoms with Crippen molar-refractivity contribution in [3.8, 4) is 11.5 Å². The van der Waals surface area contributed by atoms with Gasteiger partial charge in [-0.05, 0) is 48.6 Å². The Morgan fingerprint density at radius 1 is 0.968 bits per heavy atom. The number of benzene rings is 3. The number of hydrogen-bond donors (Lipinski definition) is 2. The molecule has 5 nitrogen and oxygen atoms in total. The van der Waals surface area contributed by atoms with Crippen molar-refractivity contribution in [3.05, 3.63) is 105 Å². The number of rotatable bonds is 4. The standard InChI is InChI=1S/C26H22N2O3/c1-16-10-11-17-15-18(25(29)28-21(17)14-16)12-13-27-26(30)24-19-6-2-4-8-22(19)31-23-9-5-3-7-20(23)24/h2-11,14-15,24H,12-13H2,1H3,(H,27,30)(H,28,29). The van der Waals surface area contributed by atoms with Gasteiger partial charge < -0.3 is 15.0 Å². The third kappa shape index (κ3) is 3.59. The van der Waals surface area contributed by atoms with Crippen molar-refractivity contribution >= 4 is 16.8 Å². The maximum atomic E-state index is 13.2. The predicted molar refractivity (Wildman–Crippen MR) is 121 cm³/mol. The number of nitrogens with one attached hydrogen (secondary N) is 2. The zero-order valence-corrected chi connectivity index (χ0v) is 17.1. The molecule has 0 saturated carbocycles. The molecule has 0 atom stereocenters. The van der Waals surface area contributed by atoms with E-state index in [1.165, 1.54) is 0 Å². The summed E-state index contributed by atoms with van der Waals surface area (Å²) < 4.78 is 5.97. The van der Waals surface area contributed by atoms with Crippen molar-refractivity contribution in [1.29, 1.82) is 0 Å². The van der Waals surface area contributed by atoms with E-state index in [-0.39, 0.29) is 11.5 Å². The molecule has 0 radical (unpaired) electrons. The number of carbonyl (C=O) groups excluding carboxylic acids is 1. The summed E-state index contributed by atoms with van der Waals surface area (Å²) in [5.41, 5.74) is 4.15. The van der Waals surface area contributed by atoms with Crippen molar-refractivity contribution in [1.82, 2.24) is 10.3 Å². The monoisotopic (exact) mass is 410 g/mol. The van der Waals surface area contributed by atoms with E-state index in [4.69, 9.17) is 4.74 Å². The number of ether oxygens (including phenoxy) is 1. The number of hydrogen-bond acceptors (Lipinski definition) is 3. The Kier molecular flexibility index (Phi) is 4.79. The van der Waals surface area contributed by atoms with Gasteiger partial charge in [-0.15, -0.1) is 0 Å². The van der Waals surface area contributed by atoms with Gasteiger partial charge in [0.15, 0.2) is 0 Å². The van der Waals surface area contributed by atoms with Crippen LogP contribution in [0.2, 0.25) is 0 Å². The van der Waals surface area contributed by atoms with Crippen molar-refractivity contribution < 1.29 is 9.53 Å². The maximum Gasteiger partial charge on any atom is 0.251 e. The van der Waals surface area contributed by atoms with E-state index in [0.717, 1.165) is 27.6 Å². The summed E-state index contributed by atoms with van der Waals surface area (Å²) in [6.07, 6.45) is 0.456. The number of para-hydroxylation sites is 2. The third-order valence-electron chi connectivity index (χ3n) is 5.71. The van der Waals surface area contributed by atoms with Crippen LogP contribution in [0, 0.1) is 6.92 Å². The molecule has 1 aliphatic heterocycles. The number of carbonyl (C=O) groups is 1. The maximum absolute atomic E-state index is 13.2. The Hall–Kier alpha value is -3.86. The first-order valence-electron chi connectivity index (χ1n) is 10.4. The lowest BCUT2D eigenvalue weighted by atomic mass is 9.87. The minimum Gasteiger partial charge on any atom is -0.457 e. The molecule has 2 heterocycles. The van der Waals surface area contributed by atoms with E-state index in [0.29, 0.717) is 30.0 Å². The van der Waals surface area contributed by atoms with Crippen molar-refractivity contribution in [2.45, 2.75) is 19.3 Å². The number of aromatic amines is 1. The topological polar surface area (TPSA) is 71.2 Å². The molecule has 3 aromatic carbocycles. The molecule has 5 heteroatoms. The lowest BCUT2D eigenvalue weighted by molar-refractivity contribution is -0.121. The molecular formula is C26H22N2O3. The first-order valence-corrected chi connectivity index (χ1v) is 10.4. The van der Waals surface area contributed by atoms with Crippen LogP contribution in [0.3, 0.4) is 0 Å².